The van der Waals surface area contributed by atoms with Crippen LogP contribution < -0.4 is 10.9 Å². The molecule has 0 radical (unpaired) electrons. The molecular formula is C12H16ClN3S. The van der Waals surface area contributed by atoms with Crippen LogP contribution in [0, 0.1) is 6.92 Å². The highest BCUT2D eigenvalue weighted by molar-refractivity contribution is 7.13. The van der Waals surface area contributed by atoms with Gasteiger partial charge in [-0.05, 0) is 31.5 Å². The number of hydrazine groups is 1. The largest absolute Gasteiger partial charge is 0.311 e. The van der Waals surface area contributed by atoms with E-state index in [-0.39, 0.29) is 12.4 Å². The van der Waals surface area contributed by atoms with Crippen LogP contribution in [-0.2, 0) is 0 Å². The average Bonchev–Trinajstić information content (AvgIpc) is 2.75. The highest BCUT2D eigenvalue weighted by Gasteiger charge is 2.05. The average molecular weight is 270 g/mol. The van der Waals surface area contributed by atoms with E-state index in [9.17, 15) is 0 Å². The molecule has 2 N–H and O–H groups in total. The summed E-state index contributed by atoms with van der Waals surface area (Å²) in [5.41, 5.74) is 5.19. The smallest absolute Gasteiger partial charge is 0.0801 e. The van der Waals surface area contributed by atoms with E-state index in [4.69, 9.17) is 5.84 Å². The molecule has 1 aromatic carbocycles. The van der Waals surface area contributed by atoms with Gasteiger partial charge in [0.2, 0.25) is 0 Å². The van der Waals surface area contributed by atoms with E-state index in [1.807, 2.05) is 31.5 Å². The van der Waals surface area contributed by atoms with Crippen molar-refractivity contribution >= 4 is 29.4 Å². The third kappa shape index (κ3) is 2.97. The Kier molecular flexibility index (Phi) is 4.93. The maximum absolute atomic E-state index is 5.82. The number of nitrogens with two attached hydrogens (primary N) is 1. The van der Waals surface area contributed by atoms with Gasteiger partial charge in [0, 0.05) is 6.54 Å². The molecule has 0 fully saturated rings. The molecule has 1 heterocycles. The minimum absolute atomic E-state index is 0. The summed E-state index contributed by atoms with van der Waals surface area (Å²) in [4.78, 5) is 5.48. The Morgan fingerprint density at radius 2 is 1.94 bits per heavy atom. The molecule has 0 aliphatic rings. The molecule has 17 heavy (non-hydrogen) atoms. The summed E-state index contributed by atoms with van der Waals surface area (Å²) in [5.74, 6) is 5.82. The minimum Gasteiger partial charge on any atom is -0.311 e. The van der Waals surface area contributed by atoms with E-state index in [0.29, 0.717) is 0 Å². The van der Waals surface area contributed by atoms with Crippen molar-refractivity contribution in [2.24, 2.45) is 5.84 Å². The van der Waals surface area contributed by atoms with E-state index in [1.165, 1.54) is 10.4 Å². The molecule has 0 aliphatic heterocycles. The standard InChI is InChI=1S/C12H15N3S.ClH/c1-3-15(13)11-6-4-10(5-7-11)12-9(2)14-8-16-12;/h4-8H,3,13H2,1-2H3;1H. The van der Waals surface area contributed by atoms with Crippen LogP contribution in [0.15, 0.2) is 29.8 Å². The van der Waals surface area contributed by atoms with E-state index < -0.39 is 0 Å². The molecule has 2 aromatic rings. The number of benzene rings is 1. The van der Waals surface area contributed by atoms with E-state index >= 15 is 0 Å². The van der Waals surface area contributed by atoms with Crippen LogP contribution in [0.5, 0.6) is 0 Å². The number of nitrogens with zero attached hydrogens (tertiary/aromatic N) is 2. The zero-order chi connectivity index (χ0) is 11.5. The molecule has 0 spiro atoms. The van der Waals surface area contributed by atoms with Crippen LogP contribution in [0.2, 0.25) is 0 Å². The topological polar surface area (TPSA) is 42.1 Å². The summed E-state index contributed by atoms with van der Waals surface area (Å²) in [6.07, 6.45) is 0. The molecule has 0 atom stereocenters. The van der Waals surface area contributed by atoms with Crippen molar-refractivity contribution in [3.05, 3.63) is 35.5 Å². The Hall–Kier alpha value is -1.10. The lowest BCUT2D eigenvalue weighted by atomic mass is 10.1. The van der Waals surface area contributed by atoms with Gasteiger partial charge >= 0.3 is 0 Å². The summed E-state index contributed by atoms with van der Waals surface area (Å²) >= 11 is 1.67. The Bertz CT molecular complexity index is 467. The molecule has 3 nitrogen and oxygen atoms in total. The van der Waals surface area contributed by atoms with Gasteiger partial charge in [0.15, 0.2) is 0 Å². The Labute approximate surface area is 112 Å². The predicted molar refractivity (Wildman–Crippen MR) is 76.7 cm³/mol. The molecule has 92 valence electrons. The third-order valence-electron chi connectivity index (χ3n) is 2.55. The summed E-state index contributed by atoms with van der Waals surface area (Å²) in [7, 11) is 0. The Morgan fingerprint density at radius 1 is 1.29 bits per heavy atom. The monoisotopic (exact) mass is 269 g/mol. The van der Waals surface area contributed by atoms with Crippen molar-refractivity contribution in [1.29, 1.82) is 0 Å². The number of rotatable bonds is 3. The fourth-order valence-corrected chi connectivity index (χ4v) is 2.38. The van der Waals surface area contributed by atoms with Crippen LogP contribution in [0.1, 0.15) is 12.6 Å². The van der Waals surface area contributed by atoms with Gasteiger partial charge in [-0.15, -0.1) is 23.7 Å². The molecule has 0 bridgehead atoms. The summed E-state index contributed by atoms with van der Waals surface area (Å²) < 4.78 is 0. The highest BCUT2D eigenvalue weighted by Crippen LogP contribution is 2.28. The number of hydrogen-bond donors (Lipinski definition) is 1. The van der Waals surface area contributed by atoms with Crippen LogP contribution >= 0.6 is 23.7 Å². The second-order valence-electron chi connectivity index (χ2n) is 3.60. The van der Waals surface area contributed by atoms with Gasteiger partial charge in [0.25, 0.3) is 0 Å². The lowest BCUT2D eigenvalue weighted by Crippen LogP contribution is -2.29. The minimum atomic E-state index is 0. The first kappa shape index (κ1) is 14.0. The lowest BCUT2D eigenvalue weighted by molar-refractivity contribution is 0.892. The highest BCUT2D eigenvalue weighted by atomic mass is 35.5. The molecule has 1 aromatic heterocycles. The Balaban J connectivity index is 0.00000144. The van der Waals surface area contributed by atoms with E-state index in [1.54, 1.807) is 16.3 Å². The predicted octanol–water partition coefficient (Wildman–Crippen LogP) is 3.24. The van der Waals surface area contributed by atoms with Crippen molar-refractivity contribution in [1.82, 2.24) is 4.98 Å². The first-order valence-corrected chi connectivity index (χ1v) is 6.13. The number of aromatic nitrogens is 1. The molecule has 0 amide bonds. The SMILES string of the molecule is CCN(N)c1ccc(-c2scnc2C)cc1.Cl. The van der Waals surface area contributed by atoms with E-state index in [2.05, 4.69) is 17.1 Å². The van der Waals surface area contributed by atoms with Gasteiger partial charge in [-0.25, -0.2) is 10.8 Å². The maximum atomic E-state index is 5.82. The van der Waals surface area contributed by atoms with Crippen molar-refractivity contribution in [2.45, 2.75) is 13.8 Å². The first-order valence-electron chi connectivity index (χ1n) is 5.25. The van der Waals surface area contributed by atoms with Crippen molar-refractivity contribution in [3.8, 4) is 10.4 Å². The number of aryl methyl sites for hydroxylation is 1. The van der Waals surface area contributed by atoms with Gasteiger partial charge in [-0.2, -0.15) is 0 Å². The molecule has 0 aliphatic carbocycles. The second-order valence-corrected chi connectivity index (χ2v) is 4.45. The number of thiazole rings is 1. The zero-order valence-corrected chi connectivity index (χ0v) is 11.5. The summed E-state index contributed by atoms with van der Waals surface area (Å²) in [5, 5.41) is 1.73. The quantitative estimate of drug-likeness (QED) is 0.687. The molecule has 0 saturated carbocycles. The van der Waals surface area contributed by atoms with Gasteiger partial charge in [0.05, 0.1) is 21.8 Å². The van der Waals surface area contributed by atoms with Crippen molar-refractivity contribution in [3.63, 3.8) is 0 Å². The number of hydrogen-bond acceptors (Lipinski definition) is 4. The van der Waals surface area contributed by atoms with Gasteiger partial charge in [0.1, 0.15) is 0 Å². The molecule has 0 saturated heterocycles. The number of anilines is 1. The number of halogens is 1. The lowest BCUT2D eigenvalue weighted by Gasteiger charge is -2.16. The zero-order valence-electron chi connectivity index (χ0n) is 9.88. The van der Waals surface area contributed by atoms with E-state index in [0.717, 1.165) is 17.9 Å². The maximum Gasteiger partial charge on any atom is 0.0801 e. The fourth-order valence-electron chi connectivity index (χ4n) is 1.57. The molecular weight excluding hydrogens is 254 g/mol. The van der Waals surface area contributed by atoms with Crippen molar-refractivity contribution in [2.75, 3.05) is 11.6 Å². The van der Waals surface area contributed by atoms with Crippen LogP contribution in [0.25, 0.3) is 10.4 Å². The normalized spacial score (nSPS) is 9.82. The van der Waals surface area contributed by atoms with Crippen LogP contribution in [0.4, 0.5) is 5.69 Å². The summed E-state index contributed by atoms with van der Waals surface area (Å²) in [6, 6.07) is 8.26. The fraction of sp³-hybridized carbons (Fsp3) is 0.250. The summed E-state index contributed by atoms with van der Waals surface area (Å²) in [6.45, 7) is 4.86. The van der Waals surface area contributed by atoms with Gasteiger partial charge in [-0.3, -0.25) is 0 Å². The molecule has 2 rings (SSSR count). The van der Waals surface area contributed by atoms with Gasteiger partial charge < -0.3 is 5.01 Å². The second kappa shape index (κ2) is 6.00. The van der Waals surface area contributed by atoms with Crippen LogP contribution in [0.3, 0.4) is 0 Å². The first-order chi connectivity index (χ1) is 7.72. The van der Waals surface area contributed by atoms with Crippen molar-refractivity contribution < 1.29 is 0 Å². The van der Waals surface area contributed by atoms with Gasteiger partial charge in [-0.1, -0.05) is 12.1 Å². The third-order valence-corrected chi connectivity index (χ3v) is 3.52. The molecule has 0 unspecified atom stereocenters. The Morgan fingerprint density at radius 3 is 2.41 bits per heavy atom. The molecule has 5 heteroatoms. The van der Waals surface area contributed by atoms with Crippen LogP contribution in [-0.4, -0.2) is 11.5 Å².